The highest BCUT2D eigenvalue weighted by Crippen LogP contribution is 2.44. The Morgan fingerprint density at radius 2 is 2.12 bits per heavy atom. The quantitative estimate of drug-likeness (QED) is 0.886. The monoisotopic (exact) mass is 281 g/mol. The number of halogens is 1. The van der Waals surface area contributed by atoms with Gasteiger partial charge < -0.3 is 5.32 Å². The summed E-state index contributed by atoms with van der Waals surface area (Å²) >= 11 is 3.44. The summed E-state index contributed by atoms with van der Waals surface area (Å²) in [5.74, 6) is 0.0365. The average Bonchev–Trinajstić information content (AvgIpc) is 2.78. The molecular formula is C13H16BrNO. The highest BCUT2D eigenvalue weighted by Gasteiger charge is 2.46. The number of rotatable bonds is 2. The van der Waals surface area contributed by atoms with Crippen molar-refractivity contribution < 1.29 is 4.79 Å². The number of benzene rings is 1. The van der Waals surface area contributed by atoms with E-state index < -0.39 is 0 Å². The maximum absolute atomic E-state index is 12.0. The van der Waals surface area contributed by atoms with E-state index in [-0.39, 0.29) is 11.3 Å². The van der Waals surface area contributed by atoms with Gasteiger partial charge in [-0.05, 0) is 36.5 Å². The normalized spacial score (nSPS) is 21.6. The number of hydrogen-bond donors (Lipinski definition) is 1. The van der Waals surface area contributed by atoms with Crippen LogP contribution in [0.1, 0.15) is 36.2 Å². The smallest absolute Gasteiger partial charge is 0.251 e. The highest BCUT2D eigenvalue weighted by atomic mass is 79.9. The van der Waals surface area contributed by atoms with Crippen LogP contribution in [0, 0.1) is 12.3 Å². The van der Waals surface area contributed by atoms with Gasteiger partial charge in [-0.1, -0.05) is 35.8 Å². The Kier molecular flexibility index (Phi) is 2.82. The summed E-state index contributed by atoms with van der Waals surface area (Å²) in [5.41, 5.74) is 2.03. The first-order valence-corrected chi connectivity index (χ1v) is 6.27. The Balaban J connectivity index is 2.13. The second-order valence-corrected chi connectivity index (χ2v) is 5.99. The Bertz CT molecular complexity index is 440. The van der Waals surface area contributed by atoms with Gasteiger partial charge >= 0.3 is 0 Å². The van der Waals surface area contributed by atoms with Crippen molar-refractivity contribution in [3.63, 3.8) is 0 Å². The summed E-state index contributed by atoms with van der Waals surface area (Å²) < 4.78 is 0.982. The van der Waals surface area contributed by atoms with Crippen LogP contribution in [-0.2, 0) is 0 Å². The molecule has 0 aliphatic heterocycles. The van der Waals surface area contributed by atoms with E-state index in [9.17, 15) is 4.79 Å². The molecule has 0 spiro atoms. The maximum Gasteiger partial charge on any atom is 0.251 e. The lowest BCUT2D eigenvalue weighted by Gasteiger charge is -2.09. The lowest BCUT2D eigenvalue weighted by molar-refractivity contribution is 0.0945. The van der Waals surface area contributed by atoms with Gasteiger partial charge in [-0.25, -0.2) is 0 Å². The number of amides is 1. The second-order valence-electron chi connectivity index (χ2n) is 5.13. The number of carbonyl (C=O) groups is 1. The van der Waals surface area contributed by atoms with Gasteiger partial charge in [0.2, 0.25) is 0 Å². The molecule has 1 aromatic carbocycles. The van der Waals surface area contributed by atoms with Crippen molar-refractivity contribution in [2.45, 2.75) is 33.2 Å². The third kappa shape index (κ3) is 2.14. The number of carbonyl (C=O) groups excluding carboxylic acids is 1. The van der Waals surface area contributed by atoms with Crippen molar-refractivity contribution in [1.82, 2.24) is 5.32 Å². The zero-order valence-electron chi connectivity index (χ0n) is 9.80. The van der Waals surface area contributed by atoms with Gasteiger partial charge in [0, 0.05) is 16.1 Å². The van der Waals surface area contributed by atoms with E-state index in [2.05, 4.69) is 35.1 Å². The molecule has 1 aromatic rings. The van der Waals surface area contributed by atoms with Gasteiger partial charge in [-0.2, -0.15) is 0 Å². The molecular weight excluding hydrogens is 266 g/mol. The lowest BCUT2D eigenvalue weighted by Crippen LogP contribution is -2.28. The first-order chi connectivity index (χ1) is 7.42. The standard InChI is InChI=1S/C13H16BrNO/c1-8-9(5-4-6-10(8)14)12(16)15-11-7-13(11,2)3/h4-6,11H,7H2,1-3H3,(H,15,16). The summed E-state index contributed by atoms with van der Waals surface area (Å²) in [6, 6.07) is 6.04. The van der Waals surface area contributed by atoms with E-state index >= 15 is 0 Å². The van der Waals surface area contributed by atoms with Crippen molar-refractivity contribution in [3.8, 4) is 0 Å². The second kappa shape index (κ2) is 3.88. The van der Waals surface area contributed by atoms with E-state index in [4.69, 9.17) is 0 Å². The molecule has 3 heteroatoms. The van der Waals surface area contributed by atoms with Crippen molar-refractivity contribution in [1.29, 1.82) is 0 Å². The van der Waals surface area contributed by atoms with Gasteiger partial charge in [-0.15, -0.1) is 0 Å². The third-order valence-corrected chi connectivity index (χ3v) is 4.19. The fraction of sp³-hybridized carbons (Fsp3) is 0.462. The molecule has 16 heavy (non-hydrogen) atoms. The fourth-order valence-electron chi connectivity index (χ4n) is 1.80. The number of hydrogen-bond acceptors (Lipinski definition) is 1. The molecule has 1 unspecified atom stereocenters. The molecule has 1 atom stereocenters. The molecule has 0 radical (unpaired) electrons. The molecule has 1 amide bonds. The Hall–Kier alpha value is -0.830. The molecule has 1 aliphatic rings. The van der Waals surface area contributed by atoms with Crippen LogP contribution in [-0.4, -0.2) is 11.9 Å². The van der Waals surface area contributed by atoms with Crippen LogP contribution < -0.4 is 5.32 Å². The van der Waals surface area contributed by atoms with Crippen molar-refractivity contribution in [3.05, 3.63) is 33.8 Å². The highest BCUT2D eigenvalue weighted by molar-refractivity contribution is 9.10. The van der Waals surface area contributed by atoms with Crippen LogP contribution in [0.4, 0.5) is 0 Å². The van der Waals surface area contributed by atoms with Crippen LogP contribution in [0.5, 0.6) is 0 Å². The Morgan fingerprint density at radius 3 is 2.69 bits per heavy atom. The first-order valence-electron chi connectivity index (χ1n) is 5.48. The molecule has 0 aromatic heterocycles. The summed E-state index contributed by atoms with van der Waals surface area (Å²) in [4.78, 5) is 12.0. The largest absolute Gasteiger partial charge is 0.349 e. The molecule has 2 rings (SSSR count). The Labute approximate surface area is 105 Å². The average molecular weight is 282 g/mol. The summed E-state index contributed by atoms with van der Waals surface area (Å²) in [7, 11) is 0. The minimum atomic E-state index is 0.0365. The molecule has 0 saturated heterocycles. The predicted octanol–water partition coefficient (Wildman–Crippen LogP) is 3.29. The SMILES string of the molecule is Cc1c(Br)cccc1C(=O)NC1CC1(C)C. The molecule has 0 bridgehead atoms. The number of nitrogens with one attached hydrogen (secondary N) is 1. The molecule has 1 N–H and O–H groups in total. The van der Waals surface area contributed by atoms with E-state index in [1.54, 1.807) is 0 Å². The first kappa shape index (κ1) is 11.6. The zero-order valence-corrected chi connectivity index (χ0v) is 11.4. The van der Waals surface area contributed by atoms with Gasteiger partial charge in [0.1, 0.15) is 0 Å². The Morgan fingerprint density at radius 1 is 1.50 bits per heavy atom. The maximum atomic E-state index is 12.0. The van der Waals surface area contributed by atoms with E-state index in [0.29, 0.717) is 6.04 Å². The van der Waals surface area contributed by atoms with Crippen molar-refractivity contribution >= 4 is 21.8 Å². The zero-order chi connectivity index (χ0) is 11.9. The van der Waals surface area contributed by atoms with Crippen LogP contribution in [0.3, 0.4) is 0 Å². The van der Waals surface area contributed by atoms with Gasteiger partial charge in [0.15, 0.2) is 0 Å². The molecule has 1 saturated carbocycles. The van der Waals surface area contributed by atoms with Crippen LogP contribution in [0.2, 0.25) is 0 Å². The van der Waals surface area contributed by atoms with Crippen LogP contribution in [0.15, 0.2) is 22.7 Å². The fourth-order valence-corrected chi connectivity index (χ4v) is 2.17. The van der Waals surface area contributed by atoms with Gasteiger partial charge in [0.05, 0.1) is 0 Å². The van der Waals surface area contributed by atoms with E-state index in [0.717, 1.165) is 22.0 Å². The molecule has 86 valence electrons. The van der Waals surface area contributed by atoms with Gasteiger partial charge in [-0.3, -0.25) is 4.79 Å². The summed E-state index contributed by atoms with van der Waals surface area (Å²) in [6.45, 7) is 6.30. The van der Waals surface area contributed by atoms with E-state index in [1.807, 2.05) is 25.1 Å². The molecule has 2 nitrogen and oxygen atoms in total. The van der Waals surface area contributed by atoms with Crippen LogP contribution in [0.25, 0.3) is 0 Å². The van der Waals surface area contributed by atoms with Crippen molar-refractivity contribution in [2.24, 2.45) is 5.41 Å². The van der Waals surface area contributed by atoms with E-state index in [1.165, 1.54) is 0 Å². The third-order valence-electron chi connectivity index (χ3n) is 3.33. The minimum absolute atomic E-state index is 0.0365. The summed E-state index contributed by atoms with van der Waals surface area (Å²) in [6.07, 6.45) is 1.08. The molecule has 1 aliphatic carbocycles. The predicted molar refractivity (Wildman–Crippen MR) is 68.5 cm³/mol. The minimum Gasteiger partial charge on any atom is -0.349 e. The molecule has 1 fully saturated rings. The van der Waals surface area contributed by atoms with Gasteiger partial charge in [0.25, 0.3) is 5.91 Å². The topological polar surface area (TPSA) is 29.1 Å². The lowest BCUT2D eigenvalue weighted by atomic mass is 10.1. The van der Waals surface area contributed by atoms with Crippen molar-refractivity contribution in [2.75, 3.05) is 0 Å². The van der Waals surface area contributed by atoms with Crippen LogP contribution >= 0.6 is 15.9 Å². The summed E-state index contributed by atoms with van der Waals surface area (Å²) in [5, 5.41) is 3.07. The molecule has 0 heterocycles.